The number of hydrogen-bond donors (Lipinski definition) is 2. The summed E-state index contributed by atoms with van der Waals surface area (Å²) in [5, 5.41) is 12.2. The SMILES string of the molecule is COc1ccccc1C(CC(=O)O)NC(C)C. The summed E-state index contributed by atoms with van der Waals surface area (Å²) in [6, 6.07) is 7.46. The van der Waals surface area contributed by atoms with E-state index in [2.05, 4.69) is 5.32 Å². The van der Waals surface area contributed by atoms with E-state index in [1.807, 2.05) is 38.1 Å². The van der Waals surface area contributed by atoms with Crippen LogP contribution in [-0.4, -0.2) is 24.2 Å². The summed E-state index contributed by atoms with van der Waals surface area (Å²) in [4.78, 5) is 10.9. The predicted molar refractivity (Wildman–Crippen MR) is 66.3 cm³/mol. The fourth-order valence-corrected chi connectivity index (χ4v) is 1.79. The molecule has 17 heavy (non-hydrogen) atoms. The number of carbonyl (C=O) groups is 1. The Kier molecular flexibility index (Phi) is 4.97. The first-order chi connectivity index (χ1) is 8.04. The molecule has 1 atom stereocenters. The predicted octanol–water partition coefficient (Wildman–Crippen LogP) is 2.21. The van der Waals surface area contributed by atoms with Gasteiger partial charge in [-0.15, -0.1) is 0 Å². The smallest absolute Gasteiger partial charge is 0.305 e. The van der Waals surface area contributed by atoms with Gasteiger partial charge >= 0.3 is 5.97 Å². The van der Waals surface area contributed by atoms with Gasteiger partial charge in [-0.1, -0.05) is 32.0 Å². The highest BCUT2D eigenvalue weighted by Gasteiger charge is 2.19. The molecule has 0 aliphatic rings. The number of benzene rings is 1. The summed E-state index contributed by atoms with van der Waals surface area (Å²) < 4.78 is 5.26. The van der Waals surface area contributed by atoms with Gasteiger partial charge in [0.2, 0.25) is 0 Å². The summed E-state index contributed by atoms with van der Waals surface area (Å²) in [5.74, 6) is -0.110. The molecule has 94 valence electrons. The van der Waals surface area contributed by atoms with Crippen LogP contribution in [0.25, 0.3) is 0 Å². The summed E-state index contributed by atoms with van der Waals surface area (Å²) in [6.07, 6.45) is 0.0402. The molecule has 0 saturated heterocycles. The Hall–Kier alpha value is -1.55. The van der Waals surface area contributed by atoms with Crippen LogP contribution in [0.1, 0.15) is 31.9 Å². The van der Waals surface area contributed by atoms with E-state index in [1.54, 1.807) is 7.11 Å². The molecular formula is C13H19NO3. The van der Waals surface area contributed by atoms with Crippen LogP contribution in [0.5, 0.6) is 5.75 Å². The second-order valence-electron chi connectivity index (χ2n) is 4.21. The van der Waals surface area contributed by atoms with Crippen molar-refractivity contribution >= 4 is 5.97 Å². The largest absolute Gasteiger partial charge is 0.496 e. The van der Waals surface area contributed by atoms with Gasteiger partial charge in [0.15, 0.2) is 0 Å². The van der Waals surface area contributed by atoms with Crippen molar-refractivity contribution in [2.24, 2.45) is 0 Å². The van der Waals surface area contributed by atoms with Gasteiger partial charge in [-0.2, -0.15) is 0 Å². The molecule has 0 bridgehead atoms. The Balaban J connectivity index is 2.98. The first kappa shape index (κ1) is 13.5. The average molecular weight is 237 g/mol. The molecule has 4 nitrogen and oxygen atoms in total. The van der Waals surface area contributed by atoms with Crippen molar-refractivity contribution in [2.45, 2.75) is 32.4 Å². The minimum atomic E-state index is -0.825. The van der Waals surface area contributed by atoms with Crippen LogP contribution in [0.15, 0.2) is 24.3 Å². The third-order valence-electron chi connectivity index (χ3n) is 2.43. The highest BCUT2D eigenvalue weighted by molar-refractivity contribution is 5.68. The zero-order valence-corrected chi connectivity index (χ0v) is 10.4. The van der Waals surface area contributed by atoms with Gasteiger partial charge in [-0.3, -0.25) is 4.79 Å². The van der Waals surface area contributed by atoms with Gasteiger partial charge in [0.25, 0.3) is 0 Å². The van der Waals surface area contributed by atoms with E-state index in [4.69, 9.17) is 9.84 Å². The van der Waals surface area contributed by atoms with Gasteiger partial charge < -0.3 is 15.2 Å². The number of hydrogen-bond acceptors (Lipinski definition) is 3. The van der Waals surface area contributed by atoms with Gasteiger partial charge in [0.1, 0.15) is 5.75 Å². The van der Waals surface area contributed by atoms with Crippen LogP contribution in [-0.2, 0) is 4.79 Å². The van der Waals surface area contributed by atoms with Crippen molar-refractivity contribution in [2.75, 3.05) is 7.11 Å². The van der Waals surface area contributed by atoms with Crippen LogP contribution in [0.4, 0.5) is 0 Å². The molecule has 4 heteroatoms. The van der Waals surface area contributed by atoms with E-state index in [9.17, 15) is 4.79 Å². The van der Waals surface area contributed by atoms with Gasteiger partial charge in [-0.05, 0) is 6.07 Å². The Labute approximate surface area is 102 Å². The third-order valence-corrected chi connectivity index (χ3v) is 2.43. The Morgan fingerprint density at radius 1 is 1.41 bits per heavy atom. The Morgan fingerprint density at radius 3 is 2.59 bits per heavy atom. The van der Waals surface area contributed by atoms with Gasteiger partial charge in [-0.25, -0.2) is 0 Å². The van der Waals surface area contributed by atoms with Crippen LogP contribution in [0, 0.1) is 0 Å². The Morgan fingerprint density at radius 2 is 2.06 bits per heavy atom. The molecule has 1 rings (SSSR count). The summed E-state index contributed by atoms with van der Waals surface area (Å²) in [5.41, 5.74) is 0.881. The molecular weight excluding hydrogens is 218 g/mol. The van der Waals surface area contributed by atoms with E-state index in [0.29, 0.717) is 5.75 Å². The summed E-state index contributed by atoms with van der Waals surface area (Å²) >= 11 is 0. The fourth-order valence-electron chi connectivity index (χ4n) is 1.79. The molecule has 0 saturated carbocycles. The summed E-state index contributed by atoms with van der Waals surface area (Å²) in [6.45, 7) is 3.98. The van der Waals surface area contributed by atoms with Gasteiger partial charge in [0.05, 0.1) is 13.5 Å². The molecule has 0 spiro atoms. The summed E-state index contributed by atoms with van der Waals surface area (Å²) in [7, 11) is 1.59. The van der Waals surface area contributed by atoms with E-state index in [0.717, 1.165) is 5.56 Å². The Bertz CT molecular complexity index is 377. The average Bonchev–Trinajstić information content (AvgIpc) is 2.27. The van der Waals surface area contributed by atoms with Crippen molar-refractivity contribution in [1.29, 1.82) is 0 Å². The first-order valence-corrected chi connectivity index (χ1v) is 5.65. The maximum absolute atomic E-state index is 10.9. The number of nitrogens with one attached hydrogen (secondary N) is 1. The molecule has 1 aromatic rings. The van der Waals surface area contributed by atoms with Crippen LogP contribution in [0.3, 0.4) is 0 Å². The second kappa shape index (κ2) is 6.25. The zero-order chi connectivity index (χ0) is 12.8. The maximum Gasteiger partial charge on any atom is 0.305 e. The number of carboxylic acid groups (broad SMARTS) is 1. The number of para-hydroxylation sites is 1. The minimum Gasteiger partial charge on any atom is -0.496 e. The molecule has 0 heterocycles. The van der Waals surface area contributed by atoms with Crippen molar-refractivity contribution in [3.05, 3.63) is 29.8 Å². The highest BCUT2D eigenvalue weighted by Crippen LogP contribution is 2.27. The molecule has 0 radical (unpaired) electrons. The lowest BCUT2D eigenvalue weighted by Gasteiger charge is -2.22. The van der Waals surface area contributed by atoms with Gasteiger partial charge in [0, 0.05) is 17.6 Å². The molecule has 0 aromatic heterocycles. The number of aliphatic carboxylic acids is 1. The molecule has 2 N–H and O–H groups in total. The molecule has 1 aromatic carbocycles. The van der Waals surface area contributed by atoms with Crippen LogP contribution < -0.4 is 10.1 Å². The van der Waals surface area contributed by atoms with E-state index >= 15 is 0 Å². The van der Waals surface area contributed by atoms with Crippen molar-refractivity contribution in [1.82, 2.24) is 5.32 Å². The van der Waals surface area contributed by atoms with E-state index in [-0.39, 0.29) is 18.5 Å². The highest BCUT2D eigenvalue weighted by atomic mass is 16.5. The van der Waals surface area contributed by atoms with Crippen LogP contribution >= 0.6 is 0 Å². The molecule has 0 aliphatic carbocycles. The standard InChI is InChI=1S/C13H19NO3/c1-9(2)14-11(8-13(15)16)10-6-4-5-7-12(10)17-3/h4-7,9,11,14H,8H2,1-3H3,(H,15,16). The second-order valence-corrected chi connectivity index (χ2v) is 4.21. The molecule has 0 fully saturated rings. The van der Waals surface area contributed by atoms with Crippen molar-refractivity contribution in [3.63, 3.8) is 0 Å². The molecule has 1 unspecified atom stereocenters. The quantitative estimate of drug-likeness (QED) is 0.796. The molecule has 0 aliphatic heterocycles. The number of methoxy groups -OCH3 is 1. The topological polar surface area (TPSA) is 58.6 Å². The van der Waals surface area contributed by atoms with Crippen molar-refractivity contribution < 1.29 is 14.6 Å². The lowest BCUT2D eigenvalue weighted by molar-refractivity contribution is -0.137. The number of rotatable bonds is 6. The minimum absolute atomic E-state index is 0.0402. The normalized spacial score (nSPS) is 12.5. The van der Waals surface area contributed by atoms with E-state index in [1.165, 1.54) is 0 Å². The first-order valence-electron chi connectivity index (χ1n) is 5.65. The van der Waals surface area contributed by atoms with E-state index < -0.39 is 5.97 Å². The van der Waals surface area contributed by atoms with Crippen LogP contribution in [0.2, 0.25) is 0 Å². The van der Waals surface area contributed by atoms with Crippen molar-refractivity contribution in [3.8, 4) is 5.75 Å². The lowest BCUT2D eigenvalue weighted by Crippen LogP contribution is -2.30. The lowest BCUT2D eigenvalue weighted by atomic mass is 10.0. The monoisotopic (exact) mass is 237 g/mol. The fraction of sp³-hybridized carbons (Fsp3) is 0.462. The maximum atomic E-state index is 10.9. The molecule has 0 amide bonds. The number of carboxylic acids is 1. The third kappa shape index (κ3) is 4.07. The number of ether oxygens (including phenoxy) is 1. The zero-order valence-electron chi connectivity index (χ0n) is 10.4.